The molecule has 0 spiro atoms. The third-order valence-electron chi connectivity index (χ3n) is 5.82. The number of nitrogens with zero attached hydrogens (tertiary/aromatic N) is 2. The van der Waals surface area contributed by atoms with Crippen LogP contribution in [0.3, 0.4) is 0 Å². The van der Waals surface area contributed by atoms with Crippen LogP contribution in [0.15, 0.2) is 59.9 Å². The topological polar surface area (TPSA) is 77.6 Å². The van der Waals surface area contributed by atoms with Gasteiger partial charge in [0.25, 0.3) is 5.91 Å². The van der Waals surface area contributed by atoms with Crippen LogP contribution in [0, 0.1) is 5.82 Å². The van der Waals surface area contributed by atoms with E-state index in [0.29, 0.717) is 35.5 Å². The van der Waals surface area contributed by atoms with Crippen LogP contribution in [0.2, 0.25) is 5.02 Å². The Morgan fingerprint density at radius 3 is 2.53 bits per heavy atom. The first-order valence-electron chi connectivity index (χ1n) is 10.9. The molecule has 2 N–H and O–H groups in total. The molecule has 4 rings (SSSR count). The zero-order chi connectivity index (χ0) is 24.4. The van der Waals surface area contributed by atoms with Gasteiger partial charge in [-0.2, -0.15) is 0 Å². The first-order chi connectivity index (χ1) is 16.3. The molecule has 0 aliphatic carbocycles. The Labute approximate surface area is 202 Å². The Hall–Kier alpha value is -3.42. The van der Waals surface area contributed by atoms with Gasteiger partial charge < -0.3 is 19.9 Å². The van der Waals surface area contributed by atoms with E-state index in [2.05, 4.69) is 6.58 Å². The smallest absolute Gasteiger partial charge is 0.274 e. The van der Waals surface area contributed by atoms with E-state index in [1.165, 1.54) is 12.1 Å². The van der Waals surface area contributed by atoms with E-state index in [0.717, 1.165) is 5.56 Å². The predicted octanol–water partition coefficient (Wildman–Crippen LogP) is 4.37. The van der Waals surface area contributed by atoms with Crippen molar-refractivity contribution in [2.75, 3.05) is 6.54 Å². The van der Waals surface area contributed by atoms with Crippen LogP contribution in [0.25, 0.3) is 5.57 Å². The summed E-state index contributed by atoms with van der Waals surface area (Å²) in [7, 11) is 0. The maximum atomic E-state index is 13.6. The molecule has 0 atom stereocenters. The molecule has 0 fully saturated rings. The Morgan fingerprint density at radius 2 is 1.88 bits per heavy atom. The number of hydrogen-bond acceptors (Lipinski definition) is 4. The highest BCUT2D eigenvalue weighted by atomic mass is 35.5. The maximum absolute atomic E-state index is 13.6. The van der Waals surface area contributed by atoms with Crippen molar-refractivity contribution in [3.05, 3.63) is 104 Å². The molecule has 1 aliphatic heterocycles. The monoisotopic (exact) mass is 481 g/mol. The minimum Gasteiger partial charge on any atom is -0.483 e. The Kier molecular flexibility index (Phi) is 6.86. The first-order valence-corrected chi connectivity index (χ1v) is 11.2. The molecule has 0 radical (unpaired) electrons. The molecule has 0 bridgehead atoms. The molecular weight excluding hydrogens is 457 g/mol. The molecule has 3 aromatic rings. The molecule has 0 unspecified atom stereocenters. The number of fused-ring (bicyclic) bond motifs is 1. The van der Waals surface area contributed by atoms with Crippen molar-refractivity contribution < 1.29 is 13.9 Å². The van der Waals surface area contributed by atoms with Gasteiger partial charge in [0.15, 0.2) is 11.4 Å². The number of carbonyl (C=O) groups is 1. The van der Waals surface area contributed by atoms with Crippen LogP contribution in [-0.2, 0) is 26.2 Å². The second-order valence-electron chi connectivity index (χ2n) is 8.21. The average Bonchev–Trinajstić information content (AvgIpc) is 2.82. The van der Waals surface area contributed by atoms with Crippen LogP contribution in [0.4, 0.5) is 4.39 Å². The third-order valence-corrected chi connectivity index (χ3v) is 6.11. The minimum absolute atomic E-state index is 0.0121. The number of hydrogen-bond donors (Lipinski definition) is 1. The Bertz CT molecular complexity index is 1320. The van der Waals surface area contributed by atoms with Crippen molar-refractivity contribution in [3.63, 3.8) is 0 Å². The molecule has 2 aromatic carbocycles. The SMILES string of the molecule is C=C(C)c1c(CN)n2c(c(OCc3ccccc3)c1=O)C(=O)N(Cc1ccc(F)c(Cl)c1)CC2. The van der Waals surface area contributed by atoms with Gasteiger partial charge in [-0.3, -0.25) is 9.59 Å². The van der Waals surface area contributed by atoms with Crippen molar-refractivity contribution in [3.8, 4) is 5.75 Å². The van der Waals surface area contributed by atoms with Crippen LogP contribution < -0.4 is 15.9 Å². The molecule has 6 nitrogen and oxygen atoms in total. The van der Waals surface area contributed by atoms with Gasteiger partial charge in [0, 0.05) is 37.4 Å². The number of allylic oxidation sites excluding steroid dienone is 1. The number of ether oxygens (including phenoxy) is 1. The highest BCUT2D eigenvalue weighted by molar-refractivity contribution is 6.30. The number of carbonyl (C=O) groups excluding carboxylic acids is 1. The molecule has 34 heavy (non-hydrogen) atoms. The van der Waals surface area contributed by atoms with Crippen LogP contribution in [-0.4, -0.2) is 21.9 Å². The van der Waals surface area contributed by atoms with Gasteiger partial charge in [0.05, 0.1) is 5.02 Å². The summed E-state index contributed by atoms with van der Waals surface area (Å²) in [5.74, 6) is -0.912. The lowest BCUT2D eigenvalue weighted by molar-refractivity contribution is 0.0678. The molecule has 2 heterocycles. The van der Waals surface area contributed by atoms with Gasteiger partial charge in [-0.05, 0) is 35.8 Å². The second-order valence-corrected chi connectivity index (χ2v) is 8.62. The summed E-state index contributed by atoms with van der Waals surface area (Å²) in [5, 5.41) is -0.0121. The van der Waals surface area contributed by atoms with E-state index < -0.39 is 11.2 Å². The first kappa shape index (κ1) is 23.7. The summed E-state index contributed by atoms with van der Waals surface area (Å²) in [6.45, 7) is 6.90. The van der Waals surface area contributed by atoms with E-state index in [1.807, 2.05) is 30.3 Å². The number of nitrogens with two attached hydrogens (primary N) is 1. The van der Waals surface area contributed by atoms with Crippen molar-refractivity contribution in [1.29, 1.82) is 0 Å². The van der Waals surface area contributed by atoms with Gasteiger partial charge in [-0.25, -0.2) is 4.39 Å². The van der Waals surface area contributed by atoms with Gasteiger partial charge >= 0.3 is 0 Å². The number of rotatable bonds is 7. The Balaban J connectivity index is 1.78. The van der Waals surface area contributed by atoms with Crippen LogP contribution in [0.1, 0.15) is 39.8 Å². The normalized spacial score (nSPS) is 13.1. The molecule has 8 heteroatoms. The van der Waals surface area contributed by atoms with Crippen molar-refractivity contribution >= 4 is 23.1 Å². The lowest BCUT2D eigenvalue weighted by Crippen LogP contribution is -2.43. The van der Waals surface area contributed by atoms with Gasteiger partial charge in [-0.15, -0.1) is 0 Å². The van der Waals surface area contributed by atoms with E-state index in [9.17, 15) is 14.0 Å². The quantitative estimate of drug-likeness (QED) is 0.543. The molecule has 0 saturated heterocycles. The summed E-state index contributed by atoms with van der Waals surface area (Å²) >= 11 is 5.92. The summed E-state index contributed by atoms with van der Waals surface area (Å²) in [6.07, 6.45) is 0. The largest absolute Gasteiger partial charge is 0.483 e. The summed E-state index contributed by atoms with van der Waals surface area (Å²) < 4.78 is 21.3. The lowest BCUT2D eigenvalue weighted by Gasteiger charge is -2.33. The van der Waals surface area contributed by atoms with Gasteiger partial charge in [0.1, 0.15) is 12.4 Å². The molecule has 1 amide bonds. The predicted molar refractivity (Wildman–Crippen MR) is 130 cm³/mol. The summed E-state index contributed by atoms with van der Waals surface area (Å²) in [4.78, 5) is 28.7. The number of aromatic nitrogens is 1. The molecule has 1 aromatic heterocycles. The zero-order valence-electron chi connectivity index (χ0n) is 18.8. The molecule has 176 valence electrons. The number of halogens is 2. The maximum Gasteiger partial charge on any atom is 0.274 e. The third kappa shape index (κ3) is 4.49. The average molecular weight is 482 g/mol. The highest BCUT2D eigenvalue weighted by Crippen LogP contribution is 2.29. The van der Waals surface area contributed by atoms with Crippen LogP contribution >= 0.6 is 11.6 Å². The fourth-order valence-corrected chi connectivity index (χ4v) is 4.40. The number of amides is 1. The molecule has 1 aliphatic rings. The molecule has 0 saturated carbocycles. The zero-order valence-corrected chi connectivity index (χ0v) is 19.6. The van der Waals surface area contributed by atoms with E-state index in [-0.39, 0.29) is 42.1 Å². The standard InChI is InChI=1S/C26H25ClFN3O3/c1-16(2)22-21(13-29)31-11-10-30(14-18-8-9-20(28)19(27)12-18)26(33)23(31)25(24(22)32)34-15-17-6-4-3-5-7-17/h3-9,12H,1,10-11,13-15,29H2,2H3. The summed E-state index contributed by atoms with van der Waals surface area (Å²) in [5.41, 5.74) is 8.79. The van der Waals surface area contributed by atoms with Gasteiger partial charge in [0.2, 0.25) is 5.43 Å². The Morgan fingerprint density at radius 1 is 1.15 bits per heavy atom. The number of pyridine rings is 1. The fourth-order valence-electron chi connectivity index (χ4n) is 4.20. The van der Waals surface area contributed by atoms with Crippen molar-refractivity contribution in [2.24, 2.45) is 5.73 Å². The van der Waals surface area contributed by atoms with Gasteiger partial charge in [-0.1, -0.05) is 54.6 Å². The van der Waals surface area contributed by atoms with E-state index in [4.69, 9.17) is 22.1 Å². The second kappa shape index (κ2) is 9.83. The molecular formula is C26H25ClFN3O3. The highest BCUT2D eigenvalue weighted by Gasteiger charge is 2.33. The number of benzene rings is 2. The van der Waals surface area contributed by atoms with Crippen molar-refractivity contribution in [2.45, 2.75) is 33.2 Å². The van der Waals surface area contributed by atoms with Crippen molar-refractivity contribution in [1.82, 2.24) is 9.47 Å². The van der Waals surface area contributed by atoms with Crippen LogP contribution in [0.5, 0.6) is 5.75 Å². The summed E-state index contributed by atoms with van der Waals surface area (Å²) in [6, 6.07) is 13.7. The minimum atomic E-state index is -0.524. The fraction of sp³-hybridized carbons (Fsp3) is 0.231. The van der Waals surface area contributed by atoms with E-state index in [1.54, 1.807) is 22.5 Å². The van der Waals surface area contributed by atoms with E-state index >= 15 is 0 Å². The lowest BCUT2D eigenvalue weighted by atomic mass is 10.0.